The second-order valence-corrected chi connectivity index (χ2v) is 7.30. The van der Waals surface area contributed by atoms with E-state index in [1.54, 1.807) is 11.0 Å². The van der Waals surface area contributed by atoms with Crippen molar-refractivity contribution in [3.05, 3.63) is 57.2 Å². The SMILES string of the molecule is CC(NC(=O)C1CCCN1C(=O)c1cccs1)c1ccc(Cl)cc1. The number of likely N-dealkylation sites (tertiary alicyclic amines) is 1. The van der Waals surface area contributed by atoms with Crippen LogP contribution in [0.4, 0.5) is 0 Å². The molecule has 0 saturated carbocycles. The minimum absolute atomic E-state index is 0.0539. The Kier molecular flexibility index (Phi) is 5.21. The molecular formula is C18H19ClN2O2S. The molecule has 0 aliphatic carbocycles. The Labute approximate surface area is 150 Å². The van der Waals surface area contributed by atoms with Gasteiger partial charge in [0.25, 0.3) is 5.91 Å². The Bertz CT molecular complexity index is 715. The molecule has 126 valence electrons. The first-order chi connectivity index (χ1) is 11.6. The Morgan fingerprint density at radius 3 is 2.71 bits per heavy atom. The van der Waals surface area contributed by atoms with Crippen molar-refractivity contribution in [3.63, 3.8) is 0 Å². The number of carbonyl (C=O) groups excluding carboxylic acids is 2. The van der Waals surface area contributed by atoms with Gasteiger partial charge in [0.05, 0.1) is 10.9 Å². The second kappa shape index (κ2) is 7.36. The minimum Gasteiger partial charge on any atom is -0.348 e. The predicted molar refractivity (Wildman–Crippen MR) is 96.4 cm³/mol. The molecule has 1 N–H and O–H groups in total. The van der Waals surface area contributed by atoms with Gasteiger partial charge in [-0.1, -0.05) is 29.8 Å². The van der Waals surface area contributed by atoms with Gasteiger partial charge in [0.15, 0.2) is 0 Å². The average molecular weight is 363 g/mol. The van der Waals surface area contributed by atoms with E-state index < -0.39 is 6.04 Å². The van der Waals surface area contributed by atoms with E-state index >= 15 is 0 Å². The maximum Gasteiger partial charge on any atom is 0.264 e. The third kappa shape index (κ3) is 3.62. The van der Waals surface area contributed by atoms with Crippen molar-refractivity contribution in [2.45, 2.75) is 31.8 Å². The Morgan fingerprint density at radius 1 is 1.29 bits per heavy atom. The number of hydrogen-bond donors (Lipinski definition) is 1. The molecule has 1 aliphatic rings. The number of carbonyl (C=O) groups is 2. The van der Waals surface area contributed by atoms with E-state index in [-0.39, 0.29) is 17.9 Å². The summed E-state index contributed by atoms with van der Waals surface area (Å²) >= 11 is 7.31. The first-order valence-corrected chi connectivity index (χ1v) is 9.22. The second-order valence-electron chi connectivity index (χ2n) is 5.92. The van der Waals surface area contributed by atoms with Gasteiger partial charge in [0.1, 0.15) is 6.04 Å². The summed E-state index contributed by atoms with van der Waals surface area (Å²) in [6.07, 6.45) is 1.56. The van der Waals surface area contributed by atoms with Crippen LogP contribution in [0.25, 0.3) is 0 Å². The van der Waals surface area contributed by atoms with Crippen LogP contribution in [0.15, 0.2) is 41.8 Å². The molecule has 1 aliphatic heterocycles. The fourth-order valence-electron chi connectivity index (χ4n) is 2.97. The first-order valence-electron chi connectivity index (χ1n) is 7.96. The molecule has 24 heavy (non-hydrogen) atoms. The maximum atomic E-state index is 12.7. The quantitative estimate of drug-likeness (QED) is 0.897. The van der Waals surface area contributed by atoms with Gasteiger partial charge in [-0.25, -0.2) is 0 Å². The van der Waals surface area contributed by atoms with Gasteiger partial charge in [0, 0.05) is 11.6 Å². The van der Waals surface area contributed by atoms with Crippen molar-refractivity contribution in [2.24, 2.45) is 0 Å². The lowest BCUT2D eigenvalue weighted by Gasteiger charge is -2.25. The van der Waals surface area contributed by atoms with Crippen LogP contribution in [0.2, 0.25) is 5.02 Å². The van der Waals surface area contributed by atoms with Crippen LogP contribution in [0, 0.1) is 0 Å². The third-order valence-electron chi connectivity index (χ3n) is 4.28. The highest BCUT2D eigenvalue weighted by Gasteiger charge is 2.35. The molecule has 6 heteroatoms. The van der Waals surface area contributed by atoms with Crippen molar-refractivity contribution in [3.8, 4) is 0 Å². The highest BCUT2D eigenvalue weighted by Crippen LogP contribution is 2.23. The number of nitrogens with zero attached hydrogens (tertiary/aromatic N) is 1. The molecule has 0 bridgehead atoms. The molecule has 2 unspecified atom stereocenters. The summed E-state index contributed by atoms with van der Waals surface area (Å²) in [5.74, 6) is -0.151. The molecule has 0 radical (unpaired) electrons. The monoisotopic (exact) mass is 362 g/mol. The lowest BCUT2D eigenvalue weighted by Crippen LogP contribution is -2.46. The van der Waals surface area contributed by atoms with Crippen LogP contribution in [-0.2, 0) is 4.79 Å². The molecule has 2 heterocycles. The Balaban J connectivity index is 1.67. The van der Waals surface area contributed by atoms with Crippen molar-refractivity contribution in [2.75, 3.05) is 6.54 Å². The molecular weight excluding hydrogens is 344 g/mol. The van der Waals surface area contributed by atoms with Crippen molar-refractivity contribution >= 4 is 34.8 Å². The predicted octanol–water partition coefficient (Wildman–Crippen LogP) is 3.88. The molecule has 4 nitrogen and oxygen atoms in total. The van der Waals surface area contributed by atoms with E-state index in [1.807, 2.05) is 42.6 Å². The zero-order chi connectivity index (χ0) is 17.1. The van der Waals surface area contributed by atoms with Gasteiger partial charge in [-0.2, -0.15) is 0 Å². The van der Waals surface area contributed by atoms with Crippen LogP contribution in [0.3, 0.4) is 0 Å². The van der Waals surface area contributed by atoms with E-state index in [2.05, 4.69) is 5.32 Å². The summed E-state index contributed by atoms with van der Waals surface area (Å²) in [5.41, 5.74) is 0.988. The number of nitrogens with one attached hydrogen (secondary N) is 1. The molecule has 1 saturated heterocycles. The van der Waals surface area contributed by atoms with Crippen LogP contribution >= 0.6 is 22.9 Å². The van der Waals surface area contributed by atoms with Crippen LogP contribution in [-0.4, -0.2) is 29.3 Å². The van der Waals surface area contributed by atoms with Crippen LogP contribution < -0.4 is 5.32 Å². The minimum atomic E-state index is -0.394. The highest BCUT2D eigenvalue weighted by molar-refractivity contribution is 7.12. The summed E-state index contributed by atoms with van der Waals surface area (Å²) in [5, 5.41) is 5.56. The number of amides is 2. The number of hydrogen-bond acceptors (Lipinski definition) is 3. The number of halogens is 1. The summed E-state index contributed by atoms with van der Waals surface area (Å²) in [4.78, 5) is 27.6. The zero-order valence-electron chi connectivity index (χ0n) is 13.4. The first kappa shape index (κ1) is 17.0. The van der Waals surface area contributed by atoms with Gasteiger partial charge in [-0.3, -0.25) is 9.59 Å². The normalized spacial score (nSPS) is 18.4. The molecule has 0 spiro atoms. The van der Waals surface area contributed by atoms with E-state index in [4.69, 9.17) is 11.6 Å². The number of benzene rings is 1. The highest BCUT2D eigenvalue weighted by atomic mass is 35.5. The molecule has 2 atom stereocenters. The van der Waals surface area contributed by atoms with Crippen LogP contribution in [0.1, 0.15) is 41.0 Å². The Hall–Kier alpha value is -1.85. The summed E-state index contributed by atoms with van der Waals surface area (Å²) in [6, 6.07) is 10.5. The maximum absolute atomic E-state index is 12.7. The lowest BCUT2D eigenvalue weighted by atomic mass is 10.1. The van der Waals surface area contributed by atoms with Gasteiger partial charge >= 0.3 is 0 Å². The zero-order valence-corrected chi connectivity index (χ0v) is 14.9. The molecule has 1 fully saturated rings. The van der Waals surface area contributed by atoms with Crippen LogP contribution in [0.5, 0.6) is 0 Å². The van der Waals surface area contributed by atoms with Gasteiger partial charge in [-0.05, 0) is 48.9 Å². The van der Waals surface area contributed by atoms with Crippen molar-refractivity contribution in [1.82, 2.24) is 10.2 Å². The molecule has 1 aromatic carbocycles. The number of thiophene rings is 1. The molecule has 1 aromatic heterocycles. The summed E-state index contributed by atoms with van der Waals surface area (Å²) < 4.78 is 0. The lowest BCUT2D eigenvalue weighted by molar-refractivity contribution is -0.125. The number of rotatable bonds is 4. The largest absolute Gasteiger partial charge is 0.348 e. The molecule has 3 rings (SSSR count). The fourth-order valence-corrected chi connectivity index (χ4v) is 3.77. The van der Waals surface area contributed by atoms with Crippen molar-refractivity contribution < 1.29 is 9.59 Å². The van der Waals surface area contributed by atoms with E-state index in [0.29, 0.717) is 22.9 Å². The average Bonchev–Trinajstić information content (AvgIpc) is 3.26. The molecule has 2 amide bonds. The standard InChI is InChI=1S/C18H19ClN2O2S/c1-12(13-6-8-14(19)9-7-13)20-17(22)15-4-2-10-21(15)18(23)16-5-3-11-24-16/h3,5-9,11-12,15H,2,4,10H2,1H3,(H,20,22). The van der Waals surface area contributed by atoms with Gasteiger partial charge in [0.2, 0.25) is 5.91 Å². The van der Waals surface area contributed by atoms with E-state index in [0.717, 1.165) is 12.0 Å². The third-order valence-corrected chi connectivity index (χ3v) is 5.39. The van der Waals surface area contributed by atoms with E-state index in [9.17, 15) is 9.59 Å². The van der Waals surface area contributed by atoms with Gasteiger partial charge in [-0.15, -0.1) is 11.3 Å². The topological polar surface area (TPSA) is 49.4 Å². The summed E-state index contributed by atoms with van der Waals surface area (Å²) in [6.45, 7) is 2.56. The van der Waals surface area contributed by atoms with E-state index in [1.165, 1.54) is 11.3 Å². The Morgan fingerprint density at radius 2 is 2.04 bits per heavy atom. The smallest absolute Gasteiger partial charge is 0.264 e. The summed E-state index contributed by atoms with van der Waals surface area (Å²) in [7, 11) is 0. The van der Waals surface area contributed by atoms with Crippen molar-refractivity contribution in [1.29, 1.82) is 0 Å². The fraction of sp³-hybridized carbons (Fsp3) is 0.333. The van der Waals surface area contributed by atoms with Gasteiger partial charge < -0.3 is 10.2 Å². The molecule has 2 aromatic rings.